The lowest BCUT2D eigenvalue weighted by Crippen LogP contribution is -2.27. The molecule has 1 fully saturated rings. The Morgan fingerprint density at radius 1 is 1.50 bits per heavy atom. The van der Waals surface area contributed by atoms with Gasteiger partial charge in [-0.1, -0.05) is 13.8 Å². The molecule has 1 aliphatic rings. The second-order valence-corrected chi connectivity index (χ2v) is 2.44. The second-order valence-electron chi connectivity index (χ2n) is 2.44. The number of rotatable bonds is 1. The molecule has 3 atom stereocenters. The number of carbonyl (C=O) groups is 1. The fourth-order valence-electron chi connectivity index (χ4n) is 0.933. The van der Waals surface area contributed by atoms with E-state index in [1.165, 1.54) is 0 Å². The van der Waals surface area contributed by atoms with Gasteiger partial charge in [0.2, 0.25) is 0 Å². The number of esters is 1. The van der Waals surface area contributed by atoms with Gasteiger partial charge in [-0.05, 0) is 6.92 Å². The van der Waals surface area contributed by atoms with Crippen LogP contribution in [-0.2, 0) is 9.53 Å². The fraction of sp³-hybridized carbons (Fsp3) is 0.875. The summed E-state index contributed by atoms with van der Waals surface area (Å²) in [5.41, 5.74) is 0. The van der Waals surface area contributed by atoms with Gasteiger partial charge in [-0.3, -0.25) is 4.79 Å². The third-order valence-electron chi connectivity index (χ3n) is 1.71. The monoisotopic (exact) mass is 176 g/mol. The largest absolute Gasteiger partial charge is 0.457 e. The van der Waals surface area contributed by atoms with E-state index in [4.69, 9.17) is 10.2 Å². The first-order valence-corrected chi connectivity index (χ1v) is 4.16. The Labute approximate surface area is 72.2 Å². The van der Waals surface area contributed by atoms with Gasteiger partial charge < -0.3 is 14.9 Å². The molecule has 0 aromatic heterocycles. The molecule has 1 rings (SSSR count). The van der Waals surface area contributed by atoms with Crippen LogP contribution in [0.15, 0.2) is 0 Å². The van der Waals surface area contributed by atoms with Crippen LogP contribution in [0.25, 0.3) is 0 Å². The SMILES string of the molecule is CC.C[C@@H]1C(=O)OC(CO)[C@@H]1O. The molecule has 1 aliphatic heterocycles. The van der Waals surface area contributed by atoms with Crippen molar-refractivity contribution in [2.24, 2.45) is 5.92 Å². The van der Waals surface area contributed by atoms with Crippen LogP contribution in [0.3, 0.4) is 0 Å². The molecule has 0 aliphatic carbocycles. The Bertz CT molecular complexity index is 146. The number of aliphatic hydroxyl groups is 2. The average Bonchev–Trinajstić information content (AvgIpc) is 2.36. The van der Waals surface area contributed by atoms with Gasteiger partial charge in [0.25, 0.3) is 0 Å². The molecule has 1 unspecified atom stereocenters. The zero-order valence-electron chi connectivity index (χ0n) is 7.65. The molecule has 0 aromatic rings. The number of hydrogen-bond donors (Lipinski definition) is 2. The molecule has 0 bridgehead atoms. The lowest BCUT2D eigenvalue weighted by molar-refractivity contribution is -0.145. The van der Waals surface area contributed by atoms with Crippen LogP contribution in [0, 0.1) is 5.92 Å². The molecule has 0 aromatic carbocycles. The minimum absolute atomic E-state index is 0.308. The predicted octanol–water partition coefficient (Wildman–Crippen LogP) is -0.0727. The molecular weight excluding hydrogens is 160 g/mol. The van der Waals surface area contributed by atoms with E-state index in [1.807, 2.05) is 13.8 Å². The van der Waals surface area contributed by atoms with Crippen LogP contribution in [0.4, 0.5) is 0 Å². The number of carbonyl (C=O) groups excluding carboxylic acids is 1. The van der Waals surface area contributed by atoms with Gasteiger partial charge in [-0.15, -0.1) is 0 Å². The molecule has 4 nitrogen and oxygen atoms in total. The molecule has 12 heavy (non-hydrogen) atoms. The highest BCUT2D eigenvalue weighted by molar-refractivity contribution is 5.75. The Morgan fingerprint density at radius 2 is 2.00 bits per heavy atom. The first kappa shape index (κ1) is 11.4. The van der Waals surface area contributed by atoms with E-state index in [0.29, 0.717) is 0 Å². The number of ether oxygens (including phenoxy) is 1. The smallest absolute Gasteiger partial charge is 0.311 e. The van der Waals surface area contributed by atoms with Gasteiger partial charge in [-0.2, -0.15) is 0 Å². The van der Waals surface area contributed by atoms with Crippen molar-refractivity contribution in [3.8, 4) is 0 Å². The molecule has 0 radical (unpaired) electrons. The fourth-order valence-corrected chi connectivity index (χ4v) is 0.933. The molecule has 0 saturated carbocycles. The van der Waals surface area contributed by atoms with Gasteiger partial charge in [0, 0.05) is 0 Å². The highest BCUT2D eigenvalue weighted by Gasteiger charge is 2.39. The quantitative estimate of drug-likeness (QED) is 0.549. The summed E-state index contributed by atoms with van der Waals surface area (Å²) in [5, 5.41) is 17.7. The summed E-state index contributed by atoms with van der Waals surface area (Å²) in [6.07, 6.45) is -1.57. The Kier molecular flexibility index (Phi) is 4.85. The summed E-state index contributed by atoms with van der Waals surface area (Å²) < 4.78 is 4.60. The van der Waals surface area contributed by atoms with E-state index in [-0.39, 0.29) is 6.61 Å². The summed E-state index contributed by atoms with van der Waals surface area (Å²) in [7, 11) is 0. The Hall–Kier alpha value is -0.610. The van der Waals surface area contributed by atoms with E-state index >= 15 is 0 Å². The lowest BCUT2D eigenvalue weighted by atomic mass is 10.0. The average molecular weight is 176 g/mol. The van der Waals surface area contributed by atoms with Crippen molar-refractivity contribution < 1.29 is 19.7 Å². The topological polar surface area (TPSA) is 66.8 Å². The Morgan fingerprint density at radius 3 is 2.17 bits per heavy atom. The van der Waals surface area contributed by atoms with Gasteiger partial charge >= 0.3 is 5.97 Å². The van der Waals surface area contributed by atoms with Gasteiger partial charge in [-0.25, -0.2) is 0 Å². The highest BCUT2D eigenvalue weighted by Crippen LogP contribution is 2.20. The van der Waals surface area contributed by atoms with Crippen molar-refractivity contribution in [3.05, 3.63) is 0 Å². The maximum Gasteiger partial charge on any atom is 0.311 e. The van der Waals surface area contributed by atoms with Crippen LogP contribution in [0.5, 0.6) is 0 Å². The standard InChI is InChI=1S/C6H10O4.C2H6/c1-3-5(8)4(2-7)10-6(3)9;1-2/h3-5,7-8H,2H2,1H3;1-2H3/t3-,4?,5+;/m0./s1. The minimum Gasteiger partial charge on any atom is -0.457 e. The van der Waals surface area contributed by atoms with E-state index in [1.54, 1.807) is 6.92 Å². The maximum absolute atomic E-state index is 10.7. The first-order chi connectivity index (χ1) is 5.66. The van der Waals surface area contributed by atoms with Crippen LogP contribution in [-0.4, -0.2) is 35.0 Å². The zero-order valence-corrected chi connectivity index (χ0v) is 7.65. The van der Waals surface area contributed by atoms with E-state index < -0.39 is 24.1 Å². The van der Waals surface area contributed by atoms with Crippen molar-refractivity contribution in [3.63, 3.8) is 0 Å². The van der Waals surface area contributed by atoms with Crippen LogP contribution in [0.1, 0.15) is 20.8 Å². The summed E-state index contributed by atoms with van der Waals surface area (Å²) in [5.74, 6) is -0.941. The summed E-state index contributed by atoms with van der Waals surface area (Å²) in [6.45, 7) is 5.26. The second kappa shape index (κ2) is 5.11. The van der Waals surface area contributed by atoms with Crippen LogP contribution < -0.4 is 0 Å². The van der Waals surface area contributed by atoms with Crippen molar-refractivity contribution in [1.29, 1.82) is 0 Å². The van der Waals surface area contributed by atoms with E-state index in [9.17, 15) is 4.79 Å². The third kappa shape index (κ3) is 2.19. The molecule has 0 amide bonds. The molecular formula is C8H16O4. The number of hydrogen-bond acceptors (Lipinski definition) is 4. The minimum atomic E-state index is -0.850. The predicted molar refractivity (Wildman–Crippen MR) is 43.5 cm³/mol. The first-order valence-electron chi connectivity index (χ1n) is 4.16. The van der Waals surface area contributed by atoms with E-state index in [0.717, 1.165) is 0 Å². The normalized spacial score (nSPS) is 33.8. The molecule has 0 spiro atoms. The van der Waals surface area contributed by atoms with Crippen LogP contribution in [0.2, 0.25) is 0 Å². The van der Waals surface area contributed by atoms with Gasteiger partial charge in [0.15, 0.2) is 6.10 Å². The Balaban J connectivity index is 0.000000561. The van der Waals surface area contributed by atoms with Gasteiger partial charge in [0.1, 0.15) is 6.10 Å². The lowest BCUT2D eigenvalue weighted by Gasteiger charge is -2.09. The third-order valence-corrected chi connectivity index (χ3v) is 1.71. The molecule has 1 heterocycles. The molecule has 4 heteroatoms. The maximum atomic E-state index is 10.7. The molecule has 1 saturated heterocycles. The van der Waals surface area contributed by atoms with Crippen LogP contribution >= 0.6 is 0 Å². The van der Waals surface area contributed by atoms with Crippen molar-refractivity contribution in [1.82, 2.24) is 0 Å². The van der Waals surface area contributed by atoms with Gasteiger partial charge in [0.05, 0.1) is 12.5 Å². The van der Waals surface area contributed by atoms with E-state index in [2.05, 4.69) is 4.74 Å². The molecule has 2 N–H and O–H groups in total. The zero-order chi connectivity index (χ0) is 9.72. The highest BCUT2D eigenvalue weighted by atomic mass is 16.6. The van der Waals surface area contributed by atoms with Crippen molar-refractivity contribution in [2.75, 3.05) is 6.61 Å². The molecule has 72 valence electrons. The summed E-state index contributed by atoms with van der Waals surface area (Å²) in [4.78, 5) is 10.7. The van der Waals surface area contributed by atoms with Crippen molar-refractivity contribution >= 4 is 5.97 Å². The number of cyclic esters (lactones) is 1. The number of aliphatic hydroxyl groups excluding tert-OH is 2. The summed E-state index contributed by atoms with van der Waals surface area (Å²) >= 11 is 0. The summed E-state index contributed by atoms with van der Waals surface area (Å²) in [6, 6.07) is 0. The van der Waals surface area contributed by atoms with Crippen molar-refractivity contribution in [2.45, 2.75) is 33.0 Å².